The number of hydrogen-bond donors (Lipinski definition) is 1. The van der Waals surface area contributed by atoms with Crippen LogP contribution in [-0.4, -0.2) is 84.5 Å². The van der Waals surface area contributed by atoms with Crippen molar-refractivity contribution in [2.24, 2.45) is 0 Å². The first kappa shape index (κ1) is 19.8. The van der Waals surface area contributed by atoms with Crippen LogP contribution in [0.5, 0.6) is 0 Å². The maximum absolute atomic E-state index is 13.5. The van der Waals surface area contributed by atoms with E-state index >= 15 is 0 Å². The van der Waals surface area contributed by atoms with Crippen molar-refractivity contribution in [1.82, 2.24) is 20.0 Å². The number of nitrogens with zero attached hydrogens (tertiary/aromatic N) is 3. The molecule has 1 aromatic rings. The van der Waals surface area contributed by atoms with Crippen molar-refractivity contribution in [2.45, 2.75) is 24.4 Å². The highest BCUT2D eigenvalue weighted by atomic mass is 19.1. The van der Waals surface area contributed by atoms with E-state index in [9.17, 15) is 18.8 Å². The molecule has 1 spiro atoms. The van der Waals surface area contributed by atoms with Gasteiger partial charge in [-0.2, -0.15) is 0 Å². The number of morpholine rings is 1. The Bertz CT molecular complexity index is 801. The smallest absolute Gasteiger partial charge is 0.324 e. The van der Waals surface area contributed by atoms with E-state index < -0.39 is 17.6 Å². The summed E-state index contributed by atoms with van der Waals surface area (Å²) in [6.07, 6.45) is 0.764. The number of carbonyl (C=O) groups excluding carboxylic acids is 3. The van der Waals surface area contributed by atoms with Gasteiger partial charge in [0.2, 0.25) is 5.91 Å². The van der Waals surface area contributed by atoms with Crippen LogP contribution in [0.3, 0.4) is 0 Å². The van der Waals surface area contributed by atoms with Crippen molar-refractivity contribution in [3.05, 3.63) is 35.6 Å². The molecule has 3 fully saturated rings. The number of ether oxygens (including phenoxy) is 1. The minimum Gasteiger partial charge on any atom is -0.379 e. The molecule has 3 heterocycles. The van der Waals surface area contributed by atoms with Gasteiger partial charge in [0.1, 0.15) is 17.4 Å². The van der Waals surface area contributed by atoms with Gasteiger partial charge in [0.25, 0.3) is 5.91 Å². The zero-order valence-electron chi connectivity index (χ0n) is 16.4. The SMILES string of the molecule is CN1C(=O)NC2(CCN(C(=O)[C@H](c3ccc(F)cc3)N3CCOCC3)CC2)C1=O. The van der Waals surface area contributed by atoms with Crippen molar-refractivity contribution in [3.63, 3.8) is 0 Å². The van der Waals surface area contributed by atoms with Crippen LogP contribution in [0.4, 0.5) is 9.18 Å². The molecule has 4 rings (SSSR count). The van der Waals surface area contributed by atoms with Crippen LogP contribution in [0, 0.1) is 5.82 Å². The monoisotopic (exact) mass is 404 g/mol. The van der Waals surface area contributed by atoms with Crippen molar-refractivity contribution < 1.29 is 23.5 Å². The maximum atomic E-state index is 13.5. The molecule has 3 aliphatic rings. The predicted molar refractivity (Wildman–Crippen MR) is 101 cm³/mol. The Labute approximate surface area is 168 Å². The lowest BCUT2D eigenvalue weighted by Crippen LogP contribution is -2.57. The molecule has 8 nitrogen and oxygen atoms in total. The Morgan fingerprint density at radius 3 is 2.28 bits per heavy atom. The van der Waals surface area contributed by atoms with Crippen LogP contribution >= 0.6 is 0 Å². The van der Waals surface area contributed by atoms with Gasteiger partial charge in [-0.3, -0.25) is 19.4 Å². The average molecular weight is 404 g/mol. The normalized spacial score (nSPS) is 23.4. The highest BCUT2D eigenvalue weighted by molar-refractivity contribution is 6.06. The van der Waals surface area contributed by atoms with Crippen LogP contribution in [0.1, 0.15) is 24.4 Å². The Morgan fingerprint density at radius 1 is 1.10 bits per heavy atom. The number of imide groups is 1. The second-order valence-electron chi connectivity index (χ2n) is 7.80. The lowest BCUT2D eigenvalue weighted by Gasteiger charge is -2.41. The van der Waals surface area contributed by atoms with E-state index in [1.165, 1.54) is 19.2 Å². The largest absolute Gasteiger partial charge is 0.379 e. The van der Waals surface area contributed by atoms with E-state index in [-0.39, 0.29) is 17.6 Å². The molecule has 3 aliphatic heterocycles. The van der Waals surface area contributed by atoms with Crippen LogP contribution in [0.25, 0.3) is 0 Å². The summed E-state index contributed by atoms with van der Waals surface area (Å²) >= 11 is 0. The number of halogens is 1. The van der Waals surface area contributed by atoms with Crippen LogP contribution in [-0.2, 0) is 14.3 Å². The number of nitrogens with one attached hydrogen (secondary N) is 1. The van der Waals surface area contributed by atoms with Crippen molar-refractivity contribution in [2.75, 3.05) is 46.4 Å². The number of urea groups is 1. The number of benzene rings is 1. The van der Waals surface area contributed by atoms with E-state index in [0.717, 1.165) is 10.5 Å². The van der Waals surface area contributed by atoms with E-state index in [2.05, 4.69) is 10.2 Å². The summed E-state index contributed by atoms with van der Waals surface area (Å²) in [7, 11) is 1.47. The van der Waals surface area contributed by atoms with Gasteiger partial charge in [-0.15, -0.1) is 0 Å². The maximum Gasteiger partial charge on any atom is 0.324 e. The molecular weight excluding hydrogens is 379 g/mol. The minimum atomic E-state index is -0.910. The van der Waals surface area contributed by atoms with Crippen molar-refractivity contribution >= 4 is 17.8 Å². The van der Waals surface area contributed by atoms with Gasteiger partial charge in [0.15, 0.2) is 0 Å². The van der Waals surface area contributed by atoms with E-state index in [1.54, 1.807) is 17.0 Å². The third-order valence-electron chi connectivity index (χ3n) is 6.12. The standard InChI is InChI=1S/C20H25FN4O4/c1-23-18(27)20(22-19(23)28)6-8-25(9-7-20)17(26)16(24-10-12-29-13-11-24)14-2-4-15(21)5-3-14/h2-5,16H,6-13H2,1H3,(H,22,28)/t16-/m0/s1. The summed E-state index contributed by atoms with van der Waals surface area (Å²) in [5, 5.41) is 2.79. The van der Waals surface area contributed by atoms with Gasteiger partial charge in [-0.05, 0) is 30.5 Å². The average Bonchev–Trinajstić information content (AvgIpc) is 2.94. The quantitative estimate of drug-likeness (QED) is 0.752. The Kier molecular flexibility index (Phi) is 5.26. The molecule has 1 aromatic carbocycles. The number of hydrogen-bond acceptors (Lipinski definition) is 5. The fraction of sp³-hybridized carbons (Fsp3) is 0.550. The van der Waals surface area contributed by atoms with E-state index in [1.807, 2.05) is 0 Å². The number of carbonyl (C=O) groups is 3. The molecule has 0 bridgehead atoms. The second-order valence-corrected chi connectivity index (χ2v) is 7.80. The van der Waals surface area contributed by atoms with Crippen LogP contribution in [0.2, 0.25) is 0 Å². The fourth-order valence-electron chi connectivity index (χ4n) is 4.37. The molecule has 1 atom stereocenters. The van der Waals surface area contributed by atoms with Gasteiger partial charge in [0, 0.05) is 33.2 Å². The Morgan fingerprint density at radius 2 is 1.72 bits per heavy atom. The first-order valence-electron chi connectivity index (χ1n) is 9.88. The van der Waals surface area contributed by atoms with Gasteiger partial charge in [-0.25, -0.2) is 9.18 Å². The molecule has 0 aromatic heterocycles. The number of likely N-dealkylation sites (tertiary alicyclic amines) is 1. The summed E-state index contributed by atoms with van der Waals surface area (Å²) in [5.74, 6) is -0.655. The second kappa shape index (κ2) is 7.72. The topological polar surface area (TPSA) is 82.2 Å². The first-order chi connectivity index (χ1) is 13.9. The van der Waals surface area contributed by atoms with Gasteiger partial charge in [-0.1, -0.05) is 12.1 Å². The third kappa shape index (κ3) is 3.60. The summed E-state index contributed by atoms with van der Waals surface area (Å²) in [6.45, 7) is 3.07. The van der Waals surface area contributed by atoms with Gasteiger partial charge >= 0.3 is 6.03 Å². The van der Waals surface area contributed by atoms with E-state index in [4.69, 9.17) is 4.74 Å². The summed E-state index contributed by atoms with van der Waals surface area (Å²) in [4.78, 5) is 42.7. The summed E-state index contributed by atoms with van der Waals surface area (Å²) in [5.41, 5.74) is -0.170. The molecule has 29 heavy (non-hydrogen) atoms. The molecule has 0 aliphatic carbocycles. The fourth-order valence-corrected chi connectivity index (χ4v) is 4.37. The highest BCUT2D eigenvalue weighted by Gasteiger charge is 2.51. The molecule has 0 radical (unpaired) electrons. The number of rotatable bonds is 3. The molecule has 0 unspecified atom stereocenters. The van der Waals surface area contributed by atoms with Crippen molar-refractivity contribution in [1.29, 1.82) is 0 Å². The Balaban J connectivity index is 1.52. The third-order valence-corrected chi connectivity index (χ3v) is 6.12. The van der Waals surface area contributed by atoms with Crippen LogP contribution in [0.15, 0.2) is 24.3 Å². The van der Waals surface area contributed by atoms with Crippen LogP contribution < -0.4 is 5.32 Å². The lowest BCUT2D eigenvalue weighted by atomic mass is 9.87. The molecule has 3 saturated heterocycles. The van der Waals surface area contributed by atoms with Crippen molar-refractivity contribution in [3.8, 4) is 0 Å². The molecule has 4 amide bonds. The predicted octanol–water partition coefficient (Wildman–Crippen LogP) is 0.742. The number of piperidine rings is 1. The summed E-state index contributed by atoms with van der Waals surface area (Å²) in [6, 6.07) is 5.11. The number of amides is 4. The molecule has 0 saturated carbocycles. The highest BCUT2D eigenvalue weighted by Crippen LogP contribution is 2.31. The molecule has 9 heteroatoms. The molecule has 1 N–H and O–H groups in total. The summed E-state index contributed by atoms with van der Waals surface area (Å²) < 4.78 is 18.8. The Hall–Kier alpha value is -2.52. The van der Waals surface area contributed by atoms with Gasteiger partial charge < -0.3 is 15.0 Å². The molecule has 156 valence electrons. The first-order valence-corrected chi connectivity index (χ1v) is 9.88. The number of likely N-dealkylation sites (N-methyl/N-ethyl adjacent to an activating group) is 1. The van der Waals surface area contributed by atoms with Gasteiger partial charge in [0.05, 0.1) is 13.2 Å². The van der Waals surface area contributed by atoms with E-state index in [0.29, 0.717) is 52.2 Å². The lowest BCUT2D eigenvalue weighted by molar-refractivity contribution is -0.143. The zero-order valence-corrected chi connectivity index (χ0v) is 16.4. The minimum absolute atomic E-state index is 0.0708. The zero-order chi connectivity index (χ0) is 20.6. The molecular formula is C20H25FN4O4.